The summed E-state index contributed by atoms with van der Waals surface area (Å²) in [4.78, 5) is 17.0. The lowest BCUT2D eigenvalue weighted by Crippen LogP contribution is -2.50. The summed E-state index contributed by atoms with van der Waals surface area (Å²) < 4.78 is 0. The molecule has 1 atom stereocenters. The van der Waals surface area contributed by atoms with Gasteiger partial charge < -0.3 is 4.90 Å². The number of hydrogen-bond donors (Lipinski definition) is 0. The van der Waals surface area contributed by atoms with Gasteiger partial charge >= 0.3 is 0 Å². The van der Waals surface area contributed by atoms with E-state index in [4.69, 9.17) is 0 Å². The Morgan fingerprint density at radius 2 is 1.85 bits per heavy atom. The molecule has 1 amide bonds. The second-order valence-electron chi connectivity index (χ2n) is 5.70. The van der Waals surface area contributed by atoms with Crippen LogP contribution in [0.25, 0.3) is 0 Å². The van der Waals surface area contributed by atoms with E-state index in [9.17, 15) is 4.79 Å². The van der Waals surface area contributed by atoms with Crippen LogP contribution in [0.5, 0.6) is 0 Å². The van der Waals surface area contributed by atoms with Crippen molar-refractivity contribution >= 4 is 5.91 Å². The average molecular weight is 274 g/mol. The summed E-state index contributed by atoms with van der Waals surface area (Å²) in [7, 11) is 2.15. The highest BCUT2D eigenvalue weighted by Crippen LogP contribution is 2.25. The van der Waals surface area contributed by atoms with Gasteiger partial charge in [0.15, 0.2) is 0 Å². The van der Waals surface area contributed by atoms with E-state index in [-0.39, 0.29) is 5.92 Å². The van der Waals surface area contributed by atoms with Crippen LogP contribution in [0.3, 0.4) is 0 Å². The van der Waals surface area contributed by atoms with Gasteiger partial charge in [-0.1, -0.05) is 44.2 Å². The number of rotatable bonds is 4. The maximum absolute atomic E-state index is 12.6. The zero-order valence-electron chi connectivity index (χ0n) is 12.9. The number of piperazine rings is 1. The molecule has 0 N–H and O–H groups in total. The highest BCUT2D eigenvalue weighted by molar-refractivity contribution is 5.79. The minimum absolute atomic E-state index is 0.190. The van der Waals surface area contributed by atoms with E-state index in [0.717, 1.165) is 32.5 Å². The van der Waals surface area contributed by atoms with Gasteiger partial charge in [0, 0.05) is 25.6 Å². The molecule has 1 heterocycles. The lowest BCUT2D eigenvalue weighted by atomic mass is 9.98. The van der Waals surface area contributed by atoms with E-state index >= 15 is 0 Å². The van der Waals surface area contributed by atoms with Crippen LogP contribution in [0, 0.1) is 5.92 Å². The summed E-state index contributed by atoms with van der Waals surface area (Å²) in [6, 6.07) is 10.8. The van der Waals surface area contributed by atoms with Gasteiger partial charge in [0.1, 0.15) is 0 Å². The first-order valence-corrected chi connectivity index (χ1v) is 7.71. The van der Waals surface area contributed by atoms with Crippen molar-refractivity contribution in [1.29, 1.82) is 0 Å². The molecule has 0 bridgehead atoms. The zero-order chi connectivity index (χ0) is 14.5. The highest BCUT2D eigenvalue weighted by Gasteiger charge is 2.30. The topological polar surface area (TPSA) is 23.6 Å². The molecule has 1 aliphatic heterocycles. The molecule has 0 saturated carbocycles. The van der Waals surface area contributed by atoms with Gasteiger partial charge in [-0.15, -0.1) is 0 Å². The molecule has 0 aromatic heterocycles. The number of amides is 1. The predicted molar refractivity (Wildman–Crippen MR) is 82.5 cm³/mol. The Balaban J connectivity index is 2.10. The predicted octanol–water partition coefficient (Wildman–Crippen LogP) is 2.94. The number of nitrogens with zero attached hydrogens (tertiary/aromatic N) is 2. The van der Waals surface area contributed by atoms with E-state index in [0.29, 0.717) is 11.9 Å². The Labute approximate surface area is 122 Å². The van der Waals surface area contributed by atoms with Crippen molar-refractivity contribution in [2.24, 2.45) is 5.92 Å². The van der Waals surface area contributed by atoms with Crippen LogP contribution in [0.15, 0.2) is 30.3 Å². The molecule has 0 radical (unpaired) electrons. The van der Waals surface area contributed by atoms with Crippen LogP contribution in [0.2, 0.25) is 0 Å². The van der Waals surface area contributed by atoms with Gasteiger partial charge in [-0.25, -0.2) is 0 Å². The molecule has 0 spiro atoms. The summed E-state index contributed by atoms with van der Waals surface area (Å²) >= 11 is 0. The minimum atomic E-state index is 0.190. The Hall–Kier alpha value is -1.35. The van der Waals surface area contributed by atoms with Crippen molar-refractivity contribution < 1.29 is 4.79 Å². The molecule has 3 nitrogen and oxygen atoms in total. The summed E-state index contributed by atoms with van der Waals surface area (Å²) in [5.41, 5.74) is 1.30. The van der Waals surface area contributed by atoms with Gasteiger partial charge in [0.25, 0.3) is 0 Å². The third-order valence-electron chi connectivity index (χ3n) is 4.48. The minimum Gasteiger partial charge on any atom is -0.339 e. The molecule has 3 heteroatoms. The van der Waals surface area contributed by atoms with Crippen LogP contribution < -0.4 is 0 Å². The molecule has 110 valence electrons. The molecule has 1 aromatic rings. The third kappa shape index (κ3) is 3.21. The van der Waals surface area contributed by atoms with Gasteiger partial charge in [0.2, 0.25) is 5.91 Å². The zero-order valence-corrected chi connectivity index (χ0v) is 12.9. The number of benzene rings is 1. The largest absolute Gasteiger partial charge is 0.339 e. The molecule has 0 aliphatic carbocycles. The molecule has 1 fully saturated rings. The maximum Gasteiger partial charge on any atom is 0.225 e. The first-order chi connectivity index (χ1) is 9.67. The fraction of sp³-hybridized carbons (Fsp3) is 0.588. The second-order valence-corrected chi connectivity index (χ2v) is 5.70. The van der Waals surface area contributed by atoms with Crippen LogP contribution in [0.1, 0.15) is 38.3 Å². The van der Waals surface area contributed by atoms with E-state index in [2.05, 4.69) is 55.0 Å². The summed E-state index contributed by atoms with van der Waals surface area (Å²) in [6.07, 6.45) is 1.88. The first-order valence-electron chi connectivity index (χ1n) is 7.71. The van der Waals surface area contributed by atoms with Crippen LogP contribution in [-0.2, 0) is 4.79 Å². The molecule has 1 aromatic carbocycles. The van der Waals surface area contributed by atoms with Crippen molar-refractivity contribution in [3.63, 3.8) is 0 Å². The molecule has 1 aliphatic rings. The van der Waals surface area contributed by atoms with E-state index in [1.807, 2.05) is 6.07 Å². The maximum atomic E-state index is 12.6. The van der Waals surface area contributed by atoms with Crippen molar-refractivity contribution in [1.82, 2.24) is 9.80 Å². The van der Waals surface area contributed by atoms with Crippen LogP contribution in [-0.4, -0.2) is 42.4 Å². The van der Waals surface area contributed by atoms with Gasteiger partial charge in [-0.05, 0) is 25.5 Å². The monoisotopic (exact) mass is 274 g/mol. The number of hydrogen-bond acceptors (Lipinski definition) is 2. The quantitative estimate of drug-likeness (QED) is 0.843. The van der Waals surface area contributed by atoms with E-state index in [1.165, 1.54) is 5.56 Å². The molecular weight excluding hydrogens is 248 g/mol. The smallest absolute Gasteiger partial charge is 0.225 e. The SMILES string of the molecule is CCC(CC)C(=O)N1CCN(C)C(c2ccccc2)C1. The van der Waals surface area contributed by atoms with Crippen molar-refractivity contribution in [2.45, 2.75) is 32.7 Å². The fourth-order valence-electron chi connectivity index (χ4n) is 3.01. The summed E-state index contributed by atoms with van der Waals surface area (Å²) in [5.74, 6) is 0.527. The molecule has 1 saturated heterocycles. The Morgan fingerprint density at radius 3 is 2.45 bits per heavy atom. The van der Waals surface area contributed by atoms with Gasteiger partial charge in [0.05, 0.1) is 6.04 Å². The van der Waals surface area contributed by atoms with Crippen molar-refractivity contribution in [2.75, 3.05) is 26.7 Å². The third-order valence-corrected chi connectivity index (χ3v) is 4.48. The molecule has 2 rings (SSSR count). The van der Waals surface area contributed by atoms with E-state index in [1.54, 1.807) is 0 Å². The lowest BCUT2D eigenvalue weighted by molar-refractivity contribution is -0.138. The van der Waals surface area contributed by atoms with Gasteiger partial charge in [-0.2, -0.15) is 0 Å². The van der Waals surface area contributed by atoms with Crippen LogP contribution >= 0.6 is 0 Å². The Kier molecular flexibility index (Phi) is 5.18. The Bertz CT molecular complexity index is 428. The summed E-state index contributed by atoms with van der Waals surface area (Å²) in [5, 5.41) is 0. The van der Waals surface area contributed by atoms with Crippen molar-refractivity contribution in [3.05, 3.63) is 35.9 Å². The lowest BCUT2D eigenvalue weighted by Gasteiger charge is -2.40. The first kappa shape index (κ1) is 15.0. The number of likely N-dealkylation sites (N-methyl/N-ethyl adjacent to an activating group) is 1. The summed E-state index contributed by atoms with van der Waals surface area (Å²) in [6.45, 7) is 6.84. The normalized spacial score (nSPS) is 20.4. The second kappa shape index (κ2) is 6.89. The average Bonchev–Trinajstić information content (AvgIpc) is 2.49. The highest BCUT2D eigenvalue weighted by atomic mass is 16.2. The number of carbonyl (C=O) groups excluding carboxylic acids is 1. The standard InChI is InChI=1S/C17H26N2O/c1-4-14(5-2)17(20)19-12-11-18(3)16(13-19)15-9-7-6-8-10-15/h6-10,14,16H,4-5,11-13H2,1-3H3. The van der Waals surface area contributed by atoms with E-state index < -0.39 is 0 Å². The Morgan fingerprint density at radius 1 is 1.20 bits per heavy atom. The molecular formula is C17H26N2O. The molecule has 1 unspecified atom stereocenters. The van der Waals surface area contributed by atoms with Crippen LogP contribution in [0.4, 0.5) is 0 Å². The fourth-order valence-corrected chi connectivity index (χ4v) is 3.01. The molecule has 20 heavy (non-hydrogen) atoms. The number of carbonyl (C=O) groups is 1. The van der Waals surface area contributed by atoms with Crippen molar-refractivity contribution in [3.8, 4) is 0 Å². The van der Waals surface area contributed by atoms with Gasteiger partial charge in [-0.3, -0.25) is 9.69 Å².